The van der Waals surface area contributed by atoms with Gasteiger partial charge in [-0.2, -0.15) is 0 Å². The number of hydrogen-bond acceptors (Lipinski definition) is 13. The summed E-state index contributed by atoms with van der Waals surface area (Å²) in [6.45, 7) is 30.5. The van der Waals surface area contributed by atoms with E-state index in [-0.39, 0.29) is 82.4 Å². The molecule has 6 aromatic heterocycles. The Labute approximate surface area is 743 Å². The van der Waals surface area contributed by atoms with Crippen LogP contribution in [0.1, 0.15) is 160 Å². The van der Waals surface area contributed by atoms with E-state index in [2.05, 4.69) is 47.8 Å². The van der Waals surface area contributed by atoms with Crippen LogP contribution in [0.5, 0.6) is 5.75 Å². The van der Waals surface area contributed by atoms with E-state index in [0.29, 0.717) is 71.5 Å². The molecule has 6 aromatic carbocycles. The summed E-state index contributed by atoms with van der Waals surface area (Å²) in [5.74, 6) is -0.887. The first-order valence-electron chi connectivity index (χ1n) is 41.0. The summed E-state index contributed by atoms with van der Waals surface area (Å²) < 4.78 is 13.0. The van der Waals surface area contributed by atoms with Gasteiger partial charge in [0, 0.05) is 186 Å². The SMILES string of the molecule is CC(=O)/C=C/CNC(=O)c1c(C)n(C)c2cc(Br)c(C)cc12.CC(=O)/C=C/CNC(=O)c1c(C)n(C)c2ccc(C)cc12.CC(=O)/C=C/CNC(=O)c1c(C)n(C)c2ccc(C)cc12.CC(=O)/C=C/CNC(=O)c1c(C)n(C)c2ccc(C)cc12.CC(=O)/C=C/CNC(=O)c1c(C)n(C)c2ccc(O)cc12.CC(=O)/C=C/CNC(=O)c1c(C)n(C)c2ccccc12. The number of aromatic nitrogens is 6. The minimum atomic E-state index is -0.225. The van der Waals surface area contributed by atoms with Crippen molar-refractivity contribution in [3.05, 3.63) is 276 Å². The number of rotatable bonds is 24. The molecule has 12 aromatic rings. The molecule has 0 aliphatic heterocycles. The van der Waals surface area contributed by atoms with E-state index < -0.39 is 0 Å². The van der Waals surface area contributed by atoms with E-state index in [0.717, 1.165) is 121 Å². The fourth-order valence-corrected chi connectivity index (χ4v) is 14.7. The highest BCUT2D eigenvalue weighted by atomic mass is 79.9. The van der Waals surface area contributed by atoms with E-state index >= 15 is 0 Å². The number of allylic oxidation sites excluding steroid dienone is 6. The average Bonchev–Trinajstić information content (AvgIpc) is 1.63. The zero-order valence-electron chi connectivity index (χ0n) is 76.0. The van der Waals surface area contributed by atoms with Gasteiger partial charge in [0.05, 0.1) is 33.4 Å². The van der Waals surface area contributed by atoms with Crippen molar-refractivity contribution < 1.29 is 62.6 Å². The number of carbonyl (C=O) groups is 12. The van der Waals surface area contributed by atoms with Crippen molar-refractivity contribution in [3.63, 3.8) is 0 Å². The minimum absolute atomic E-state index is 0.0267. The molecule has 0 bridgehead atoms. The van der Waals surface area contributed by atoms with Gasteiger partial charge in [-0.15, -0.1) is 0 Å². The summed E-state index contributed by atoms with van der Waals surface area (Å²) in [6.07, 6.45) is 18.6. The molecule has 0 saturated carbocycles. The van der Waals surface area contributed by atoms with Crippen LogP contribution in [0, 0.1) is 69.2 Å². The number of phenolic OH excluding ortho intramolecular Hbond substituents is 1. The highest BCUT2D eigenvalue weighted by Gasteiger charge is 2.25. The van der Waals surface area contributed by atoms with Crippen LogP contribution in [-0.4, -0.2) is 142 Å². The highest BCUT2D eigenvalue weighted by Crippen LogP contribution is 2.34. The quantitative estimate of drug-likeness (QED) is 0.0277. The lowest BCUT2D eigenvalue weighted by Crippen LogP contribution is -2.24. The third-order valence-corrected chi connectivity index (χ3v) is 22.2. The molecular weight excluding hydrogens is 1660 g/mol. The van der Waals surface area contributed by atoms with Crippen molar-refractivity contribution in [2.45, 2.75) is 111 Å². The molecule has 25 nitrogen and oxygen atoms in total. The first-order chi connectivity index (χ1) is 59.5. The third-order valence-electron chi connectivity index (χ3n) is 21.4. The molecule has 0 fully saturated rings. The highest BCUT2D eigenvalue weighted by molar-refractivity contribution is 9.10. The Morgan fingerprint density at radius 3 is 0.754 bits per heavy atom. The van der Waals surface area contributed by atoms with Crippen molar-refractivity contribution in [1.29, 1.82) is 0 Å². The Morgan fingerprint density at radius 1 is 0.278 bits per heavy atom. The number of nitrogens with zero attached hydrogens (tertiary/aromatic N) is 6. The Hall–Kier alpha value is -13.9. The molecule has 0 unspecified atom stereocenters. The van der Waals surface area contributed by atoms with Gasteiger partial charge in [-0.25, -0.2) is 0 Å². The number of phenols is 1. The standard InChI is InChI=1S/C17H19BrN2O2.3C17H20N2O2.C16H18N2O3.C16H18N2O2/c1-10-8-13-15(9-14(10)18)20(4)12(3)16(13)17(22)19-7-5-6-11(2)21;3*1-11-7-8-15-14(10-11)16(13(3)19(15)4)17(21)18-9-5-6-12(2)20;1-10(19)5-4-8-17-16(21)15-11(2)18(3)14-7-6-12(20)9-13(14)15;1-11(19)7-6-10-17-16(20)15-12(2)18(3)14-9-5-4-8-13(14)15/h5-6,8-9H,7H2,1-4H3,(H,19,22);3*5-8,10H,9H2,1-4H3,(H,18,21);4-7,9,20H,8H2,1-3H3,(H,17,21);4-9H,10H2,1-3H3,(H,17,20)/b4*6-5+;5-4+;7-6+. The Balaban J connectivity index is 0.000000207. The molecule has 6 amide bonds. The lowest BCUT2D eigenvalue weighted by molar-refractivity contribution is -0.113. The van der Waals surface area contributed by atoms with Gasteiger partial charge in [-0.3, -0.25) is 57.5 Å². The molecule has 12 rings (SSSR count). The Kier molecular flexibility index (Phi) is 35.8. The second kappa shape index (κ2) is 45.5. The van der Waals surface area contributed by atoms with Crippen LogP contribution in [0.2, 0.25) is 0 Å². The van der Waals surface area contributed by atoms with Gasteiger partial charge in [-0.05, 0) is 226 Å². The number of nitrogens with one attached hydrogen (secondary N) is 6. The number of hydrogen-bond donors (Lipinski definition) is 7. The minimum Gasteiger partial charge on any atom is -0.508 e. The summed E-state index contributed by atoms with van der Waals surface area (Å²) in [6, 6.07) is 35.1. The molecule has 660 valence electrons. The fraction of sp³-hybridized carbons (Fsp3) is 0.280. The monoisotopic (exact) mass is 1770 g/mol. The molecule has 7 N–H and O–H groups in total. The first-order valence-corrected chi connectivity index (χ1v) is 41.8. The van der Waals surface area contributed by atoms with Crippen LogP contribution < -0.4 is 31.9 Å². The summed E-state index contributed by atoms with van der Waals surface area (Å²) in [4.78, 5) is 139. The molecule has 0 aliphatic rings. The van der Waals surface area contributed by atoms with Crippen molar-refractivity contribution >= 4 is 151 Å². The predicted octanol–water partition coefficient (Wildman–Crippen LogP) is 15.9. The van der Waals surface area contributed by atoms with Crippen LogP contribution in [0.4, 0.5) is 0 Å². The maximum Gasteiger partial charge on any atom is 0.253 e. The number of fused-ring (bicyclic) bond motifs is 6. The van der Waals surface area contributed by atoms with Gasteiger partial charge in [0.15, 0.2) is 34.7 Å². The second-order valence-corrected chi connectivity index (χ2v) is 31.7. The van der Waals surface area contributed by atoms with Crippen LogP contribution in [-0.2, 0) is 71.1 Å². The number of aryl methyl sites for hydroxylation is 10. The van der Waals surface area contributed by atoms with Crippen LogP contribution in [0.3, 0.4) is 0 Å². The topological polar surface area (TPSA) is 327 Å². The summed E-state index contributed by atoms with van der Waals surface area (Å²) in [7, 11) is 11.6. The number of benzene rings is 6. The molecule has 26 heteroatoms. The summed E-state index contributed by atoms with van der Waals surface area (Å²) >= 11 is 3.53. The number of para-hydroxylation sites is 1. The van der Waals surface area contributed by atoms with Crippen LogP contribution in [0.25, 0.3) is 65.4 Å². The zero-order valence-corrected chi connectivity index (χ0v) is 77.6. The largest absolute Gasteiger partial charge is 0.508 e. The number of aromatic hydroxyl groups is 1. The van der Waals surface area contributed by atoms with Crippen molar-refractivity contribution in [2.75, 3.05) is 39.3 Å². The van der Waals surface area contributed by atoms with E-state index in [9.17, 15) is 62.6 Å². The first kappa shape index (κ1) is 99.2. The van der Waals surface area contributed by atoms with Gasteiger partial charge in [-0.1, -0.05) is 105 Å². The molecule has 126 heavy (non-hydrogen) atoms. The normalized spacial score (nSPS) is 11.2. The van der Waals surface area contributed by atoms with Gasteiger partial charge in [0.2, 0.25) is 0 Å². The van der Waals surface area contributed by atoms with E-state index in [4.69, 9.17) is 0 Å². The summed E-state index contributed by atoms with van der Waals surface area (Å²) in [5, 5.41) is 32.0. The van der Waals surface area contributed by atoms with Crippen molar-refractivity contribution in [1.82, 2.24) is 59.3 Å². The van der Waals surface area contributed by atoms with E-state index in [1.807, 2.05) is 230 Å². The van der Waals surface area contributed by atoms with Gasteiger partial charge >= 0.3 is 0 Å². The molecular formula is C100H115BrN12O13. The lowest BCUT2D eigenvalue weighted by atomic mass is 10.1. The third kappa shape index (κ3) is 25.4. The smallest absolute Gasteiger partial charge is 0.253 e. The van der Waals surface area contributed by atoms with Crippen LogP contribution in [0.15, 0.2) is 187 Å². The maximum atomic E-state index is 12.5. The molecule has 0 aliphatic carbocycles. The van der Waals surface area contributed by atoms with E-state index in [1.54, 1.807) is 54.7 Å². The van der Waals surface area contributed by atoms with Gasteiger partial charge in [0.1, 0.15) is 5.75 Å². The lowest BCUT2D eigenvalue weighted by Gasteiger charge is -2.04. The maximum absolute atomic E-state index is 12.5. The average molecular weight is 1770 g/mol. The number of ketones is 6. The molecule has 0 saturated heterocycles. The molecule has 6 heterocycles. The van der Waals surface area contributed by atoms with Gasteiger partial charge < -0.3 is 64.4 Å². The Morgan fingerprint density at radius 2 is 0.492 bits per heavy atom. The predicted molar refractivity (Wildman–Crippen MR) is 507 cm³/mol. The Bertz CT molecular complexity index is 5920. The second-order valence-electron chi connectivity index (χ2n) is 30.9. The van der Waals surface area contributed by atoms with Crippen molar-refractivity contribution in [3.8, 4) is 5.75 Å². The molecule has 0 spiro atoms. The molecule has 0 atom stereocenters. The van der Waals surface area contributed by atoms with Crippen molar-refractivity contribution in [2.24, 2.45) is 42.3 Å². The summed E-state index contributed by atoms with van der Waals surface area (Å²) in [5.41, 5.74) is 20.0. The zero-order chi connectivity index (χ0) is 93.4. The fourth-order valence-electron chi connectivity index (χ4n) is 14.3. The number of carbonyl (C=O) groups excluding carboxylic acids is 12. The number of amides is 6. The van der Waals surface area contributed by atoms with Crippen LogP contribution >= 0.6 is 15.9 Å². The molecule has 0 radical (unpaired) electrons. The van der Waals surface area contributed by atoms with E-state index in [1.165, 1.54) is 78.0 Å². The number of halogens is 1. The van der Waals surface area contributed by atoms with Gasteiger partial charge in [0.25, 0.3) is 35.4 Å².